The van der Waals surface area contributed by atoms with Crippen LogP contribution in [0, 0.1) is 0 Å². The second kappa shape index (κ2) is 24.7. The number of phosphoric acid groups is 1. The maximum atomic E-state index is 12.7. The van der Waals surface area contributed by atoms with E-state index in [4.69, 9.17) is 30.2 Å². The van der Waals surface area contributed by atoms with Crippen LogP contribution < -0.4 is 16.2 Å². The summed E-state index contributed by atoms with van der Waals surface area (Å²) in [6, 6.07) is 5.01. The minimum Gasteiger partial charge on any atom is -0.494 e. The molecular weight excluding hydrogens is 637 g/mol. The van der Waals surface area contributed by atoms with Gasteiger partial charge in [0.25, 0.3) is 6.23 Å². The average molecular weight is 703 g/mol. The standard InChI is InChI=1S/C35H64N3O9P/c1-5-6-7-8-9-10-11-12-13-14-15-16-17-22-33(39)45-27-20-21-32(47-48(41,42)43)35(38(2,3)4)46-34(40)23-18-19-26-44-29-24-25-30(36)31(37)28-29/h24-25,28,32,35H,5-23,26-27,36-37H2,1-4H3,(H-,41,42,43)/p+1. The van der Waals surface area contributed by atoms with Gasteiger partial charge in [0.1, 0.15) is 5.75 Å². The highest BCUT2D eigenvalue weighted by atomic mass is 31.2. The van der Waals surface area contributed by atoms with Crippen molar-refractivity contribution in [2.75, 3.05) is 45.8 Å². The third-order valence-electron chi connectivity index (χ3n) is 8.09. The van der Waals surface area contributed by atoms with Crippen molar-refractivity contribution >= 4 is 31.1 Å². The highest BCUT2D eigenvalue weighted by molar-refractivity contribution is 7.46. The first-order valence-corrected chi connectivity index (χ1v) is 19.4. The van der Waals surface area contributed by atoms with Gasteiger partial charge in [-0.05, 0) is 44.2 Å². The molecule has 1 rings (SSSR count). The molecular formula is C35H65N3O9P+. The largest absolute Gasteiger partial charge is 0.494 e. The summed E-state index contributed by atoms with van der Waals surface area (Å²) >= 11 is 0. The monoisotopic (exact) mass is 702 g/mol. The first kappa shape index (κ1) is 43.7. The number of quaternary nitrogens is 1. The number of carbonyl (C=O) groups is 2. The zero-order chi connectivity index (χ0) is 35.8. The van der Waals surface area contributed by atoms with Crippen LogP contribution in [-0.4, -0.2) is 72.9 Å². The number of hydrogen-bond acceptors (Lipinski definition) is 9. The van der Waals surface area contributed by atoms with Crippen LogP contribution in [0.2, 0.25) is 0 Å². The van der Waals surface area contributed by atoms with Crippen LogP contribution in [0.4, 0.5) is 11.4 Å². The van der Waals surface area contributed by atoms with Gasteiger partial charge in [0.15, 0.2) is 6.10 Å². The fraction of sp³-hybridized carbons (Fsp3) is 0.771. The molecule has 0 heterocycles. The number of nitrogens with zero attached hydrogens (tertiary/aromatic N) is 1. The molecule has 0 amide bonds. The Morgan fingerprint density at radius 3 is 1.83 bits per heavy atom. The van der Waals surface area contributed by atoms with Crippen molar-refractivity contribution < 1.29 is 47.2 Å². The normalized spacial score (nSPS) is 13.2. The fourth-order valence-corrected chi connectivity index (χ4v) is 5.95. The van der Waals surface area contributed by atoms with Crippen LogP contribution in [0.15, 0.2) is 18.2 Å². The molecule has 1 aromatic rings. The van der Waals surface area contributed by atoms with Gasteiger partial charge in [0.05, 0.1) is 45.7 Å². The average Bonchev–Trinajstić information content (AvgIpc) is 3.00. The van der Waals surface area contributed by atoms with E-state index in [1.807, 2.05) is 0 Å². The van der Waals surface area contributed by atoms with Gasteiger partial charge in [0, 0.05) is 18.9 Å². The highest BCUT2D eigenvalue weighted by Crippen LogP contribution is 2.40. The molecule has 0 aliphatic carbocycles. The predicted molar refractivity (Wildman–Crippen MR) is 190 cm³/mol. The van der Waals surface area contributed by atoms with Crippen LogP contribution in [0.5, 0.6) is 5.75 Å². The van der Waals surface area contributed by atoms with Gasteiger partial charge in [-0.1, -0.05) is 84.0 Å². The van der Waals surface area contributed by atoms with Crippen LogP contribution >= 0.6 is 7.82 Å². The molecule has 2 atom stereocenters. The quantitative estimate of drug-likeness (QED) is 0.0165. The Kier molecular flexibility index (Phi) is 22.5. The number of benzene rings is 1. The number of hydrogen-bond donors (Lipinski definition) is 4. The first-order valence-electron chi connectivity index (χ1n) is 17.9. The van der Waals surface area contributed by atoms with Gasteiger partial charge >= 0.3 is 19.8 Å². The lowest BCUT2D eigenvalue weighted by Gasteiger charge is -2.37. The van der Waals surface area contributed by atoms with Crippen molar-refractivity contribution in [3.63, 3.8) is 0 Å². The second-order valence-corrected chi connectivity index (χ2v) is 14.8. The van der Waals surface area contributed by atoms with Crippen molar-refractivity contribution in [3.05, 3.63) is 18.2 Å². The molecule has 0 radical (unpaired) electrons. The fourth-order valence-electron chi connectivity index (χ4n) is 5.38. The van der Waals surface area contributed by atoms with Crippen LogP contribution in [-0.2, 0) is 28.2 Å². The molecule has 6 N–H and O–H groups in total. The summed E-state index contributed by atoms with van der Waals surface area (Å²) in [5, 5.41) is 0. The topological polar surface area (TPSA) is 181 Å². The van der Waals surface area contributed by atoms with E-state index < -0.39 is 26.1 Å². The summed E-state index contributed by atoms with van der Waals surface area (Å²) in [6.07, 6.45) is 15.7. The number of esters is 2. The van der Waals surface area contributed by atoms with Gasteiger partial charge in [-0.2, -0.15) is 0 Å². The van der Waals surface area contributed by atoms with E-state index in [0.717, 1.165) is 19.3 Å². The summed E-state index contributed by atoms with van der Waals surface area (Å²) in [4.78, 5) is 44.2. The molecule has 12 nitrogen and oxygen atoms in total. The number of ether oxygens (including phenoxy) is 3. The molecule has 0 aliphatic rings. The first-order chi connectivity index (χ1) is 22.7. The van der Waals surface area contributed by atoms with Crippen molar-refractivity contribution in [1.29, 1.82) is 0 Å². The number of nitrogens with two attached hydrogens (primary N) is 2. The summed E-state index contributed by atoms with van der Waals surface area (Å²) in [7, 11) is 0.334. The van der Waals surface area contributed by atoms with Gasteiger partial charge in [-0.25, -0.2) is 4.57 Å². The SMILES string of the molecule is CCCCCCCCCCCCCCCC(=O)OCCCC(OP(=O)(O)O)C(OC(=O)CCCCOc1ccc(N)c(N)c1)[N+](C)(C)C. The number of carbonyl (C=O) groups excluding carboxylic acids is 2. The second-order valence-electron chi connectivity index (χ2n) is 13.6. The van der Waals surface area contributed by atoms with E-state index >= 15 is 0 Å². The molecule has 13 heteroatoms. The molecule has 0 fully saturated rings. The van der Waals surface area contributed by atoms with Crippen LogP contribution in [0.3, 0.4) is 0 Å². The van der Waals surface area contributed by atoms with Crippen molar-refractivity contribution in [1.82, 2.24) is 0 Å². The lowest BCUT2D eigenvalue weighted by molar-refractivity contribution is -0.920. The molecule has 0 spiro atoms. The summed E-state index contributed by atoms with van der Waals surface area (Å²) in [6.45, 7) is 2.68. The molecule has 48 heavy (non-hydrogen) atoms. The Morgan fingerprint density at radius 2 is 1.29 bits per heavy atom. The molecule has 0 saturated carbocycles. The lowest BCUT2D eigenvalue weighted by Crippen LogP contribution is -2.54. The van der Waals surface area contributed by atoms with Gasteiger partial charge in [0.2, 0.25) is 0 Å². The smallest absolute Gasteiger partial charge is 0.470 e. The Morgan fingerprint density at radius 1 is 0.750 bits per heavy atom. The number of unbranched alkanes of at least 4 members (excludes halogenated alkanes) is 13. The zero-order valence-corrected chi connectivity index (χ0v) is 30.9. The Hall–Kier alpha value is -2.37. The zero-order valence-electron chi connectivity index (χ0n) is 30.0. The highest BCUT2D eigenvalue weighted by Gasteiger charge is 2.40. The molecule has 2 unspecified atom stereocenters. The summed E-state index contributed by atoms with van der Waals surface area (Å²) < 4.78 is 33.7. The van der Waals surface area contributed by atoms with Crippen LogP contribution in [0.1, 0.15) is 129 Å². The van der Waals surface area contributed by atoms with Crippen molar-refractivity contribution in [2.45, 2.75) is 141 Å². The van der Waals surface area contributed by atoms with E-state index in [9.17, 15) is 23.9 Å². The Bertz CT molecular complexity index is 1080. The number of rotatable bonds is 29. The summed E-state index contributed by atoms with van der Waals surface area (Å²) in [5.74, 6) is -0.227. The van der Waals surface area contributed by atoms with Crippen molar-refractivity contribution in [2.24, 2.45) is 0 Å². The van der Waals surface area contributed by atoms with E-state index in [-0.39, 0.29) is 36.3 Å². The number of anilines is 2. The van der Waals surface area contributed by atoms with E-state index in [1.54, 1.807) is 39.3 Å². The third kappa shape index (κ3) is 22.3. The molecule has 0 saturated heterocycles. The summed E-state index contributed by atoms with van der Waals surface area (Å²) in [5.41, 5.74) is 12.4. The molecule has 0 bridgehead atoms. The lowest BCUT2D eigenvalue weighted by atomic mass is 10.0. The maximum Gasteiger partial charge on any atom is 0.470 e. The van der Waals surface area contributed by atoms with Gasteiger partial charge in [-0.3, -0.25) is 18.6 Å². The molecule has 1 aromatic carbocycles. The Labute approximate surface area is 289 Å². The molecule has 0 aliphatic heterocycles. The minimum atomic E-state index is -4.90. The Balaban J connectivity index is 2.37. The number of phosphoric ester groups is 1. The number of likely N-dealkylation sites (N-methyl/N-ethyl adjacent to an activating group) is 1. The number of nitrogen functional groups attached to an aromatic ring is 2. The van der Waals surface area contributed by atoms with E-state index in [1.165, 1.54) is 64.2 Å². The van der Waals surface area contributed by atoms with Gasteiger partial charge in [-0.15, -0.1) is 0 Å². The van der Waals surface area contributed by atoms with Gasteiger partial charge < -0.3 is 35.5 Å². The van der Waals surface area contributed by atoms with E-state index in [0.29, 0.717) is 43.0 Å². The minimum absolute atomic E-state index is 0.0525. The third-order valence-corrected chi connectivity index (χ3v) is 8.63. The molecule has 0 aromatic heterocycles. The van der Waals surface area contributed by atoms with Crippen molar-refractivity contribution in [3.8, 4) is 5.75 Å². The van der Waals surface area contributed by atoms with E-state index in [2.05, 4.69) is 6.92 Å². The predicted octanol–water partition coefficient (Wildman–Crippen LogP) is 7.26. The van der Waals surface area contributed by atoms with Crippen LogP contribution in [0.25, 0.3) is 0 Å². The maximum absolute atomic E-state index is 12.7. The molecule has 278 valence electrons.